The molecule has 5 rings (SSSR count). The molecule has 2 aromatic heterocycles. The topological polar surface area (TPSA) is 169 Å². The highest BCUT2D eigenvalue weighted by Gasteiger charge is 2.20. The number of amides is 3. The Balaban J connectivity index is 1.39. The maximum absolute atomic E-state index is 13.0. The maximum atomic E-state index is 13.0. The number of H-pyrrole nitrogens is 1. The molecule has 208 valence electrons. The van der Waals surface area contributed by atoms with Crippen LogP contribution in [0.1, 0.15) is 30.3 Å². The van der Waals surface area contributed by atoms with E-state index in [-0.39, 0.29) is 11.8 Å². The van der Waals surface area contributed by atoms with Gasteiger partial charge in [-0.1, -0.05) is 17.7 Å². The first-order chi connectivity index (χ1) is 19.9. The number of methoxy groups -OCH3 is 1. The van der Waals surface area contributed by atoms with Crippen LogP contribution in [0.2, 0.25) is 5.02 Å². The molecule has 0 radical (unpaired) electrons. The molecule has 1 aliphatic heterocycles. The van der Waals surface area contributed by atoms with E-state index in [9.17, 15) is 14.4 Å². The summed E-state index contributed by atoms with van der Waals surface area (Å²) in [4.78, 5) is 45.1. The van der Waals surface area contributed by atoms with Crippen molar-refractivity contribution in [2.45, 2.75) is 18.9 Å². The first-order valence-electron chi connectivity index (χ1n) is 12.4. The number of carbonyl (C=O) groups is 3. The van der Waals surface area contributed by atoms with E-state index < -0.39 is 12.1 Å². The van der Waals surface area contributed by atoms with Crippen LogP contribution in [-0.4, -0.2) is 55.2 Å². The van der Waals surface area contributed by atoms with Crippen LogP contribution < -0.4 is 16.0 Å². The summed E-state index contributed by atoms with van der Waals surface area (Å²) >= 11 is 6.18. The van der Waals surface area contributed by atoms with Gasteiger partial charge in [-0.3, -0.25) is 14.9 Å². The van der Waals surface area contributed by atoms with Gasteiger partial charge in [0.05, 0.1) is 30.2 Å². The number of carbonyl (C=O) groups excluding carboxylic acids is 3. The summed E-state index contributed by atoms with van der Waals surface area (Å²) in [6.07, 6.45) is 9.65. The molecule has 1 atom stereocenters. The minimum Gasteiger partial charge on any atom is -0.453 e. The van der Waals surface area contributed by atoms with Crippen LogP contribution in [0.5, 0.6) is 0 Å². The zero-order valence-corrected chi connectivity index (χ0v) is 22.4. The molecule has 0 spiro atoms. The highest BCUT2D eigenvalue weighted by atomic mass is 35.5. The zero-order chi connectivity index (χ0) is 28.8. The number of imidazole rings is 1. The summed E-state index contributed by atoms with van der Waals surface area (Å²) < 4.78 is 6.12. The van der Waals surface area contributed by atoms with Crippen molar-refractivity contribution >= 4 is 47.0 Å². The molecule has 41 heavy (non-hydrogen) atoms. The number of ether oxygens (including phenoxy) is 1. The fourth-order valence-electron chi connectivity index (χ4n) is 4.20. The molecule has 2 aromatic carbocycles. The molecular weight excluding hydrogens is 550 g/mol. The Morgan fingerprint density at radius 1 is 1.22 bits per heavy atom. The van der Waals surface area contributed by atoms with E-state index in [2.05, 4.69) is 41.2 Å². The predicted molar refractivity (Wildman–Crippen MR) is 151 cm³/mol. The standard InChI is InChI=1S/C27H24ClN9O4/c1-41-27(40)31-18-8-9-19-21(13-18)33-24(38)5-3-2-4-20(26-29-14-22(19)34-26)32-25(39)11-6-16-12-17(28)7-10-23(16)37-15-30-35-36-37/h3,5-15,20H,2,4H2,1H3,(H,29,34)(H,31,40)(H,32,39)(H,33,38)/t20-/m0/s1. The molecule has 2 bridgehead atoms. The highest BCUT2D eigenvalue weighted by Crippen LogP contribution is 2.31. The summed E-state index contributed by atoms with van der Waals surface area (Å²) in [6.45, 7) is 0. The Hall–Kier alpha value is -5.30. The Bertz CT molecular complexity index is 1650. The Morgan fingerprint density at radius 3 is 2.90 bits per heavy atom. The molecule has 0 saturated heterocycles. The van der Waals surface area contributed by atoms with Crippen molar-refractivity contribution in [3.8, 4) is 16.9 Å². The third-order valence-corrected chi connectivity index (χ3v) is 6.36. The van der Waals surface area contributed by atoms with E-state index in [1.54, 1.807) is 54.7 Å². The number of anilines is 2. The molecule has 4 aromatic rings. The molecule has 0 aliphatic carbocycles. The number of benzene rings is 2. The number of halogens is 1. The van der Waals surface area contributed by atoms with Gasteiger partial charge in [-0.2, -0.15) is 4.68 Å². The van der Waals surface area contributed by atoms with E-state index in [1.165, 1.54) is 30.3 Å². The number of rotatable bonds is 5. The zero-order valence-electron chi connectivity index (χ0n) is 21.7. The fourth-order valence-corrected chi connectivity index (χ4v) is 4.38. The lowest BCUT2D eigenvalue weighted by Gasteiger charge is -2.16. The lowest BCUT2D eigenvalue weighted by molar-refractivity contribution is -0.117. The van der Waals surface area contributed by atoms with Crippen molar-refractivity contribution in [2.75, 3.05) is 17.7 Å². The number of allylic oxidation sites excluding steroid dienone is 1. The minimum atomic E-state index is -0.638. The monoisotopic (exact) mass is 573 g/mol. The van der Waals surface area contributed by atoms with Crippen molar-refractivity contribution < 1.29 is 19.1 Å². The summed E-state index contributed by atoms with van der Waals surface area (Å²) in [5.41, 5.74) is 3.33. The molecule has 4 N–H and O–H groups in total. The quantitative estimate of drug-likeness (QED) is 0.259. The molecular formula is C27H24ClN9O4. The lowest BCUT2D eigenvalue weighted by atomic mass is 10.1. The average Bonchev–Trinajstić information content (AvgIpc) is 3.66. The number of aromatic nitrogens is 6. The minimum absolute atomic E-state index is 0.346. The van der Waals surface area contributed by atoms with Crippen molar-refractivity contribution in [3.05, 3.63) is 83.6 Å². The van der Waals surface area contributed by atoms with Gasteiger partial charge in [-0.25, -0.2) is 9.78 Å². The second-order valence-electron chi connectivity index (χ2n) is 8.87. The van der Waals surface area contributed by atoms with Gasteiger partial charge < -0.3 is 20.4 Å². The number of hydrogen-bond acceptors (Lipinski definition) is 8. The van der Waals surface area contributed by atoms with Crippen LogP contribution >= 0.6 is 11.6 Å². The van der Waals surface area contributed by atoms with Gasteiger partial charge in [-0.15, -0.1) is 5.10 Å². The van der Waals surface area contributed by atoms with Crippen molar-refractivity contribution in [1.29, 1.82) is 0 Å². The molecule has 14 heteroatoms. The van der Waals surface area contributed by atoms with Crippen molar-refractivity contribution in [2.24, 2.45) is 0 Å². The van der Waals surface area contributed by atoms with E-state index >= 15 is 0 Å². The van der Waals surface area contributed by atoms with Gasteiger partial charge >= 0.3 is 6.09 Å². The molecule has 3 amide bonds. The van der Waals surface area contributed by atoms with Gasteiger partial charge in [0, 0.05) is 34.1 Å². The molecule has 0 saturated carbocycles. The van der Waals surface area contributed by atoms with Crippen LogP contribution in [0.25, 0.3) is 23.0 Å². The molecule has 0 fully saturated rings. The SMILES string of the molecule is COC(=O)Nc1ccc2c(c1)NC(=O)C=CCC[C@H](NC(=O)C=Cc1cc(Cl)ccc1-n1cnnn1)c1nc-2c[nH]1. The number of aromatic amines is 1. The maximum Gasteiger partial charge on any atom is 0.411 e. The van der Waals surface area contributed by atoms with Crippen LogP contribution in [0, 0.1) is 0 Å². The molecule has 3 heterocycles. The van der Waals surface area contributed by atoms with Crippen LogP contribution in [0.15, 0.2) is 67.2 Å². The summed E-state index contributed by atoms with van der Waals surface area (Å²) in [7, 11) is 1.26. The third-order valence-electron chi connectivity index (χ3n) is 6.12. The summed E-state index contributed by atoms with van der Waals surface area (Å²) in [6, 6.07) is 9.69. The Kier molecular flexibility index (Phi) is 8.15. The van der Waals surface area contributed by atoms with Gasteiger partial charge in [0.15, 0.2) is 0 Å². The van der Waals surface area contributed by atoms with E-state index in [1.807, 2.05) is 0 Å². The van der Waals surface area contributed by atoms with Crippen LogP contribution in [-0.2, 0) is 14.3 Å². The number of fused-ring (bicyclic) bond motifs is 4. The van der Waals surface area contributed by atoms with Gasteiger partial charge in [0.25, 0.3) is 0 Å². The normalized spacial score (nSPS) is 14.9. The fraction of sp³-hybridized carbons (Fsp3) is 0.148. The largest absolute Gasteiger partial charge is 0.453 e. The number of hydrogen-bond donors (Lipinski definition) is 4. The predicted octanol–water partition coefficient (Wildman–Crippen LogP) is 4.04. The molecule has 0 unspecified atom stereocenters. The third kappa shape index (κ3) is 6.65. The lowest BCUT2D eigenvalue weighted by Crippen LogP contribution is -2.27. The van der Waals surface area contributed by atoms with Gasteiger partial charge in [0.1, 0.15) is 12.2 Å². The summed E-state index contributed by atoms with van der Waals surface area (Å²) in [5.74, 6) is -0.161. The second-order valence-corrected chi connectivity index (χ2v) is 9.31. The van der Waals surface area contributed by atoms with Crippen molar-refractivity contribution in [1.82, 2.24) is 35.5 Å². The average molecular weight is 574 g/mol. The first kappa shape index (κ1) is 27.3. The smallest absolute Gasteiger partial charge is 0.411 e. The van der Waals surface area contributed by atoms with E-state index in [4.69, 9.17) is 16.6 Å². The van der Waals surface area contributed by atoms with E-state index in [0.717, 1.165) is 0 Å². The highest BCUT2D eigenvalue weighted by molar-refractivity contribution is 6.30. The van der Waals surface area contributed by atoms with Crippen LogP contribution in [0.4, 0.5) is 16.2 Å². The van der Waals surface area contributed by atoms with Gasteiger partial charge in [-0.05, 0) is 71.8 Å². The first-order valence-corrected chi connectivity index (χ1v) is 12.8. The number of nitrogens with one attached hydrogen (secondary N) is 4. The van der Waals surface area contributed by atoms with Crippen molar-refractivity contribution in [3.63, 3.8) is 0 Å². The van der Waals surface area contributed by atoms with Gasteiger partial charge in [0.2, 0.25) is 11.8 Å². The molecule has 13 nitrogen and oxygen atoms in total. The second kappa shape index (κ2) is 12.3. The summed E-state index contributed by atoms with van der Waals surface area (Å²) in [5, 5.41) is 20.1. The van der Waals surface area contributed by atoms with Crippen LogP contribution in [0.3, 0.4) is 0 Å². The Morgan fingerprint density at radius 2 is 2.10 bits per heavy atom. The molecule has 1 aliphatic rings. The number of nitrogens with zero attached hydrogens (tertiary/aromatic N) is 5. The number of tetrazole rings is 1. The van der Waals surface area contributed by atoms with E-state index in [0.29, 0.717) is 57.6 Å². The Labute approximate surface area is 238 Å².